The van der Waals surface area contributed by atoms with Crippen molar-refractivity contribution in [3.05, 3.63) is 40.9 Å². The van der Waals surface area contributed by atoms with Gasteiger partial charge in [-0.1, -0.05) is 44.2 Å². The molecular formula is C15H20N2S. The molecule has 0 aliphatic rings. The summed E-state index contributed by atoms with van der Waals surface area (Å²) in [5, 5.41) is 1.11. The van der Waals surface area contributed by atoms with Gasteiger partial charge in [-0.05, 0) is 25.3 Å². The van der Waals surface area contributed by atoms with Gasteiger partial charge in [0, 0.05) is 10.4 Å². The average molecular weight is 260 g/mol. The fourth-order valence-electron chi connectivity index (χ4n) is 1.80. The second kappa shape index (κ2) is 5.21. The molecule has 96 valence electrons. The van der Waals surface area contributed by atoms with Crippen LogP contribution in [0.2, 0.25) is 0 Å². The molecule has 0 spiro atoms. The van der Waals surface area contributed by atoms with E-state index < -0.39 is 0 Å². The van der Waals surface area contributed by atoms with Gasteiger partial charge in [0.05, 0.1) is 5.69 Å². The van der Waals surface area contributed by atoms with Gasteiger partial charge in [0.25, 0.3) is 0 Å². The van der Waals surface area contributed by atoms with Crippen molar-refractivity contribution < 1.29 is 0 Å². The van der Waals surface area contributed by atoms with Crippen molar-refractivity contribution in [1.82, 2.24) is 4.98 Å². The highest BCUT2D eigenvalue weighted by Crippen LogP contribution is 2.32. The van der Waals surface area contributed by atoms with E-state index in [4.69, 9.17) is 5.73 Å². The van der Waals surface area contributed by atoms with Crippen LogP contribution in [0.1, 0.15) is 24.4 Å². The Hall–Kier alpha value is -1.19. The molecule has 0 radical (unpaired) electrons. The monoisotopic (exact) mass is 260 g/mol. The topological polar surface area (TPSA) is 38.9 Å². The van der Waals surface area contributed by atoms with E-state index >= 15 is 0 Å². The molecule has 1 aromatic carbocycles. The smallest absolute Gasteiger partial charge is 0.123 e. The molecule has 0 saturated heterocycles. The summed E-state index contributed by atoms with van der Waals surface area (Å²) in [6.07, 6.45) is 1.000. The molecule has 0 bridgehead atoms. The SMILES string of the molecule is Cc1nc(-c2ccccc2)sc1CC(C)(C)CN. The summed E-state index contributed by atoms with van der Waals surface area (Å²) in [5.74, 6) is 0. The summed E-state index contributed by atoms with van der Waals surface area (Å²) in [7, 11) is 0. The Kier molecular flexibility index (Phi) is 3.83. The van der Waals surface area contributed by atoms with E-state index in [1.54, 1.807) is 11.3 Å². The van der Waals surface area contributed by atoms with Crippen molar-refractivity contribution >= 4 is 11.3 Å². The van der Waals surface area contributed by atoms with E-state index in [9.17, 15) is 0 Å². The van der Waals surface area contributed by atoms with Crippen molar-refractivity contribution in [3.63, 3.8) is 0 Å². The maximum atomic E-state index is 5.81. The minimum atomic E-state index is 0.144. The minimum absolute atomic E-state index is 0.144. The lowest BCUT2D eigenvalue weighted by Crippen LogP contribution is -2.25. The van der Waals surface area contributed by atoms with Crippen molar-refractivity contribution in [2.45, 2.75) is 27.2 Å². The Bertz CT molecular complexity index is 515. The second-order valence-electron chi connectivity index (χ2n) is 5.44. The number of nitrogens with two attached hydrogens (primary N) is 1. The number of thiazole rings is 1. The van der Waals surface area contributed by atoms with Crippen LogP contribution in [0, 0.1) is 12.3 Å². The molecular weight excluding hydrogens is 240 g/mol. The number of aryl methyl sites for hydroxylation is 1. The van der Waals surface area contributed by atoms with E-state index in [0.29, 0.717) is 6.54 Å². The Morgan fingerprint density at radius 2 is 1.89 bits per heavy atom. The lowest BCUT2D eigenvalue weighted by atomic mass is 9.88. The molecule has 0 fully saturated rings. The van der Waals surface area contributed by atoms with Gasteiger partial charge in [-0.3, -0.25) is 0 Å². The summed E-state index contributed by atoms with van der Waals surface area (Å²) >= 11 is 1.79. The molecule has 18 heavy (non-hydrogen) atoms. The Morgan fingerprint density at radius 3 is 2.50 bits per heavy atom. The van der Waals surface area contributed by atoms with Crippen LogP contribution in [-0.4, -0.2) is 11.5 Å². The van der Waals surface area contributed by atoms with Gasteiger partial charge in [0.15, 0.2) is 0 Å². The molecule has 1 aromatic heterocycles. The highest BCUT2D eigenvalue weighted by Gasteiger charge is 2.20. The van der Waals surface area contributed by atoms with Crippen LogP contribution in [0.15, 0.2) is 30.3 Å². The second-order valence-corrected chi connectivity index (χ2v) is 6.52. The lowest BCUT2D eigenvalue weighted by Gasteiger charge is -2.21. The van der Waals surface area contributed by atoms with Crippen LogP contribution in [0.3, 0.4) is 0 Å². The fraction of sp³-hybridized carbons (Fsp3) is 0.400. The first-order valence-corrected chi connectivity index (χ1v) is 7.05. The zero-order chi connectivity index (χ0) is 13.2. The van der Waals surface area contributed by atoms with Crippen LogP contribution in [0.5, 0.6) is 0 Å². The molecule has 0 saturated carbocycles. The molecule has 2 N–H and O–H groups in total. The third-order valence-electron chi connectivity index (χ3n) is 3.11. The molecule has 2 nitrogen and oxygen atoms in total. The zero-order valence-electron chi connectivity index (χ0n) is 11.2. The van der Waals surface area contributed by atoms with Gasteiger partial charge in [-0.2, -0.15) is 0 Å². The maximum Gasteiger partial charge on any atom is 0.123 e. The van der Waals surface area contributed by atoms with Crippen LogP contribution in [0.4, 0.5) is 0 Å². The largest absolute Gasteiger partial charge is 0.330 e. The predicted octanol–water partition coefficient (Wildman–Crippen LogP) is 3.65. The van der Waals surface area contributed by atoms with Gasteiger partial charge >= 0.3 is 0 Å². The van der Waals surface area contributed by atoms with Crippen molar-refractivity contribution in [2.24, 2.45) is 11.1 Å². The maximum absolute atomic E-state index is 5.81. The fourth-order valence-corrected chi connectivity index (χ4v) is 3.13. The zero-order valence-corrected chi connectivity index (χ0v) is 12.1. The van der Waals surface area contributed by atoms with E-state index in [1.165, 1.54) is 10.4 Å². The van der Waals surface area contributed by atoms with Gasteiger partial charge in [0.1, 0.15) is 5.01 Å². The molecule has 1 heterocycles. The first-order chi connectivity index (χ1) is 8.52. The summed E-state index contributed by atoms with van der Waals surface area (Å²) in [6, 6.07) is 10.3. The number of benzene rings is 1. The molecule has 2 aromatic rings. The van der Waals surface area contributed by atoms with Gasteiger partial charge in [-0.15, -0.1) is 11.3 Å². The number of hydrogen-bond acceptors (Lipinski definition) is 3. The number of aromatic nitrogens is 1. The number of nitrogens with zero attached hydrogens (tertiary/aromatic N) is 1. The van der Waals surface area contributed by atoms with Crippen LogP contribution in [0.25, 0.3) is 10.6 Å². The molecule has 0 aliphatic heterocycles. The normalized spacial score (nSPS) is 11.8. The third kappa shape index (κ3) is 2.98. The third-order valence-corrected chi connectivity index (χ3v) is 4.31. The highest BCUT2D eigenvalue weighted by molar-refractivity contribution is 7.15. The van der Waals surface area contributed by atoms with Crippen LogP contribution in [-0.2, 0) is 6.42 Å². The summed E-state index contributed by atoms with van der Waals surface area (Å²) in [5.41, 5.74) is 8.29. The average Bonchev–Trinajstić information content (AvgIpc) is 2.72. The quantitative estimate of drug-likeness (QED) is 0.911. The van der Waals surface area contributed by atoms with Crippen molar-refractivity contribution in [1.29, 1.82) is 0 Å². The summed E-state index contributed by atoms with van der Waals surface area (Å²) in [6.45, 7) is 7.19. The number of hydrogen-bond donors (Lipinski definition) is 1. The Balaban J connectivity index is 2.28. The van der Waals surface area contributed by atoms with Crippen LogP contribution < -0.4 is 5.73 Å². The molecule has 2 rings (SSSR count). The van der Waals surface area contributed by atoms with E-state index in [1.807, 2.05) is 6.07 Å². The lowest BCUT2D eigenvalue weighted by molar-refractivity contribution is 0.379. The van der Waals surface area contributed by atoms with Gasteiger partial charge in [-0.25, -0.2) is 4.98 Å². The first kappa shape index (κ1) is 13.2. The molecule has 0 unspecified atom stereocenters. The minimum Gasteiger partial charge on any atom is -0.330 e. The van der Waals surface area contributed by atoms with Crippen molar-refractivity contribution in [2.75, 3.05) is 6.54 Å². The summed E-state index contributed by atoms with van der Waals surface area (Å²) < 4.78 is 0. The highest BCUT2D eigenvalue weighted by atomic mass is 32.1. The molecule has 0 atom stereocenters. The predicted molar refractivity (Wildman–Crippen MR) is 78.8 cm³/mol. The van der Waals surface area contributed by atoms with E-state index in [2.05, 4.69) is 50.0 Å². The summed E-state index contributed by atoms with van der Waals surface area (Å²) in [4.78, 5) is 6.03. The molecule has 0 amide bonds. The van der Waals surface area contributed by atoms with Crippen LogP contribution >= 0.6 is 11.3 Å². The molecule has 0 aliphatic carbocycles. The van der Waals surface area contributed by atoms with Crippen molar-refractivity contribution in [3.8, 4) is 10.6 Å². The van der Waals surface area contributed by atoms with E-state index in [-0.39, 0.29) is 5.41 Å². The first-order valence-electron chi connectivity index (χ1n) is 6.24. The Labute approximate surface area is 113 Å². The Morgan fingerprint density at radius 1 is 1.22 bits per heavy atom. The number of rotatable bonds is 4. The standard InChI is InChI=1S/C15H20N2S/c1-11-13(9-15(2,3)10-16)18-14(17-11)12-7-5-4-6-8-12/h4-8H,9-10,16H2,1-3H3. The molecule has 3 heteroatoms. The van der Waals surface area contributed by atoms with Gasteiger partial charge < -0.3 is 5.73 Å². The van der Waals surface area contributed by atoms with E-state index in [0.717, 1.165) is 17.1 Å². The van der Waals surface area contributed by atoms with Gasteiger partial charge in [0.2, 0.25) is 0 Å².